The van der Waals surface area contributed by atoms with E-state index in [0.717, 1.165) is 18.4 Å². The summed E-state index contributed by atoms with van der Waals surface area (Å²) in [5.41, 5.74) is 2.47. The molecule has 2 aromatic carbocycles. The molecule has 2 atom stereocenters. The van der Waals surface area contributed by atoms with E-state index in [1.807, 2.05) is 56.3 Å². The zero-order chi connectivity index (χ0) is 17.2. The average molecular weight is 323 g/mol. The van der Waals surface area contributed by atoms with Gasteiger partial charge in [-0.1, -0.05) is 42.5 Å². The lowest BCUT2D eigenvalue weighted by Gasteiger charge is -2.16. The van der Waals surface area contributed by atoms with Crippen LogP contribution in [0, 0.1) is 0 Å². The Bertz CT molecular complexity index is 686. The quantitative estimate of drug-likeness (QED) is 0.852. The number of rotatable bonds is 6. The van der Waals surface area contributed by atoms with E-state index < -0.39 is 5.60 Å². The second-order valence-electron chi connectivity index (χ2n) is 7.34. The maximum Gasteiger partial charge on any atom is 0.251 e. The number of carbonyl (C=O) groups is 1. The van der Waals surface area contributed by atoms with Gasteiger partial charge < -0.3 is 10.4 Å². The van der Waals surface area contributed by atoms with Gasteiger partial charge in [0.25, 0.3) is 5.91 Å². The Morgan fingerprint density at radius 3 is 2.42 bits per heavy atom. The standard InChI is InChI=1S/C21H25NO2/c1-21(2,24)13-12-15-8-10-17(11-9-15)20(23)22-19-14-18(19)16-6-4-3-5-7-16/h3-11,18-19,24H,12-14H2,1-2H3,(H,22,23). The molecule has 1 aliphatic rings. The second kappa shape index (κ2) is 6.78. The van der Waals surface area contributed by atoms with Crippen molar-refractivity contribution in [3.63, 3.8) is 0 Å². The van der Waals surface area contributed by atoms with Gasteiger partial charge in [-0.2, -0.15) is 0 Å². The molecule has 126 valence electrons. The summed E-state index contributed by atoms with van der Waals surface area (Å²) in [5, 5.41) is 12.9. The van der Waals surface area contributed by atoms with Gasteiger partial charge in [0.2, 0.25) is 0 Å². The summed E-state index contributed by atoms with van der Waals surface area (Å²) < 4.78 is 0. The van der Waals surface area contributed by atoms with E-state index >= 15 is 0 Å². The minimum atomic E-state index is -0.658. The van der Waals surface area contributed by atoms with Crippen LogP contribution in [-0.2, 0) is 6.42 Å². The smallest absolute Gasteiger partial charge is 0.251 e. The first kappa shape index (κ1) is 16.7. The molecular formula is C21H25NO2. The monoisotopic (exact) mass is 323 g/mol. The number of aryl methyl sites for hydroxylation is 1. The van der Waals surface area contributed by atoms with Gasteiger partial charge in [-0.25, -0.2) is 0 Å². The number of carbonyl (C=O) groups excluding carboxylic acids is 1. The molecule has 1 amide bonds. The Balaban J connectivity index is 1.53. The topological polar surface area (TPSA) is 49.3 Å². The minimum Gasteiger partial charge on any atom is -0.390 e. The highest BCUT2D eigenvalue weighted by molar-refractivity contribution is 5.94. The molecule has 0 radical (unpaired) electrons. The molecular weight excluding hydrogens is 298 g/mol. The van der Waals surface area contributed by atoms with E-state index in [-0.39, 0.29) is 11.9 Å². The Morgan fingerprint density at radius 1 is 1.12 bits per heavy atom. The molecule has 2 aromatic rings. The van der Waals surface area contributed by atoms with Crippen molar-refractivity contribution in [3.05, 3.63) is 71.3 Å². The molecule has 2 N–H and O–H groups in total. The fourth-order valence-corrected chi connectivity index (χ4v) is 2.95. The molecule has 2 unspecified atom stereocenters. The number of hydrogen-bond donors (Lipinski definition) is 2. The summed E-state index contributed by atoms with van der Waals surface area (Å²) in [7, 11) is 0. The summed E-state index contributed by atoms with van der Waals surface area (Å²) >= 11 is 0. The third-order valence-electron chi connectivity index (χ3n) is 4.58. The molecule has 1 fully saturated rings. The summed E-state index contributed by atoms with van der Waals surface area (Å²) in [4.78, 5) is 12.3. The van der Waals surface area contributed by atoms with Crippen molar-refractivity contribution in [3.8, 4) is 0 Å². The lowest BCUT2D eigenvalue weighted by atomic mass is 9.98. The van der Waals surface area contributed by atoms with Crippen molar-refractivity contribution < 1.29 is 9.90 Å². The number of amides is 1. The second-order valence-corrected chi connectivity index (χ2v) is 7.34. The van der Waals surface area contributed by atoms with Crippen LogP contribution in [0.1, 0.15) is 54.1 Å². The first-order valence-corrected chi connectivity index (χ1v) is 8.59. The van der Waals surface area contributed by atoms with Crippen molar-refractivity contribution in [2.45, 2.75) is 50.7 Å². The largest absolute Gasteiger partial charge is 0.390 e. The zero-order valence-corrected chi connectivity index (χ0v) is 14.3. The highest BCUT2D eigenvalue weighted by Crippen LogP contribution is 2.40. The molecule has 0 saturated heterocycles. The fraction of sp³-hybridized carbons (Fsp3) is 0.381. The molecule has 0 spiro atoms. The summed E-state index contributed by atoms with van der Waals surface area (Å²) in [6, 6.07) is 18.3. The predicted octanol–water partition coefficient (Wildman–Crippen LogP) is 3.68. The van der Waals surface area contributed by atoms with Crippen LogP contribution in [0.2, 0.25) is 0 Å². The molecule has 0 aliphatic heterocycles. The Labute approximate surface area is 143 Å². The van der Waals surface area contributed by atoms with Gasteiger partial charge in [-0.3, -0.25) is 4.79 Å². The van der Waals surface area contributed by atoms with Gasteiger partial charge in [0.05, 0.1) is 5.60 Å². The highest BCUT2D eigenvalue weighted by Gasteiger charge is 2.39. The molecule has 0 heterocycles. The van der Waals surface area contributed by atoms with E-state index in [2.05, 4.69) is 17.4 Å². The third-order valence-corrected chi connectivity index (χ3v) is 4.58. The van der Waals surface area contributed by atoms with Gasteiger partial charge in [0.15, 0.2) is 0 Å². The summed E-state index contributed by atoms with van der Waals surface area (Å²) in [5.74, 6) is 0.439. The Kier molecular flexibility index (Phi) is 4.72. The van der Waals surface area contributed by atoms with Gasteiger partial charge in [-0.15, -0.1) is 0 Å². The van der Waals surface area contributed by atoms with Gasteiger partial charge >= 0.3 is 0 Å². The fourth-order valence-electron chi connectivity index (χ4n) is 2.95. The van der Waals surface area contributed by atoms with Crippen LogP contribution in [0.4, 0.5) is 0 Å². The Hall–Kier alpha value is -2.13. The van der Waals surface area contributed by atoms with Crippen LogP contribution in [0.3, 0.4) is 0 Å². The number of benzene rings is 2. The average Bonchev–Trinajstić information content (AvgIpc) is 3.33. The molecule has 3 nitrogen and oxygen atoms in total. The lowest BCUT2D eigenvalue weighted by Crippen LogP contribution is -2.26. The molecule has 0 aromatic heterocycles. The maximum absolute atomic E-state index is 12.3. The van der Waals surface area contributed by atoms with Crippen LogP contribution in [-0.4, -0.2) is 22.7 Å². The van der Waals surface area contributed by atoms with E-state index in [4.69, 9.17) is 0 Å². The molecule has 3 heteroatoms. The van der Waals surface area contributed by atoms with Crippen LogP contribution < -0.4 is 5.32 Å². The van der Waals surface area contributed by atoms with Crippen LogP contribution in [0.25, 0.3) is 0 Å². The first-order chi connectivity index (χ1) is 11.4. The van der Waals surface area contributed by atoms with Crippen molar-refractivity contribution in [2.75, 3.05) is 0 Å². The molecule has 0 bridgehead atoms. The highest BCUT2D eigenvalue weighted by atomic mass is 16.3. The number of aliphatic hydroxyl groups is 1. The third kappa shape index (κ3) is 4.45. The van der Waals surface area contributed by atoms with Crippen molar-refractivity contribution in [1.29, 1.82) is 0 Å². The van der Waals surface area contributed by atoms with E-state index in [1.165, 1.54) is 5.56 Å². The van der Waals surface area contributed by atoms with E-state index in [0.29, 0.717) is 17.9 Å². The normalized spacial score (nSPS) is 19.8. The van der Waals surface area contributed by atoms with Crippen LogP contribution >= 0.6 is 0 Å². The van der Waals surface area contributed by atoms with Gasteiger partial charge in [0.1, 0.15) is 0 Å². The van der Waals surface area contributed by atoms with Crippen LogP contribution in [0.5, 0.6) is 0 Å². The summed E-state index contributed by atoms with van der Waals surface area (Å²) in [6.07, 6.45) is 2.53. The number of nitrogens with one attached hydrogen (secondary N) is 1. The van der Waals surface area contributed by atoms with Crippen molar-refractivity contribution in [2.24, 2.45) is 0 Å². The number of hydrogen-bond acceptors (Lipinski definition) is 2. The molecule has 24 heavy (non-hydrogen) atoms. The first-order valence-electron chi connectivity index (χ1n) is 8.59. The minimum absolute atomic E-state index is 0.00697. The van der Waals surface area contributed by atoms with Crippen molar-refractivity contribution >= 4 is 5.91 Å². The SMILES string of the molecule is CC(C)(O)CCc1ccc(C(=O)NC2CC2c2ccccc2)cc1. The van der Waals surface area contributed by atoms with Crippen LogP contribution in [0.15, 0.2) is 54.6 Å². The van der Waals surface area contributed by atoms with Gasteiger partial charge in [0, 0.05) is 17.5 Å². The maximum atomic E-state index is 12.3. The summed E-state index contributed by atoms with van der Waals surface area (Å²) in [6.45, 7) is 3.63. The Morgan fingerprint density at radius 2 is 1.79 bits per heavy atom. The molecule has 3 rings (SSSR count). The molecule has 1 saturated carbocycles. The lowest BCUT2D eigenvalue weighted by molar-refractivity contribution is 0.0713. The molecule has 1 aliphatic carbocycles. The predicted molar refractivity (Wildman–Crippen MR) is 96.1 cm³/mol. The van der Waals surface area contributed by atoms with Gasteiger partial charge in [-0.05, 0) is 56.4 Å². The van der Waals surface area contributed by atoms with Crippen molar-refractivity contribution in [1.82, 2.24) is 5.32 Å². The van der Waals surface area contributed by atoms with E-state index in [1.54, 1.807) is 0 Å². The zero-order valence-electron chi connectivity index (χ0n) is 14.3. The van der Waals surface area contributed by atoms with E-state index in [9.17, 15) is 9.90 Å².